The highest BCUT2D eigenvalue weighted by Gasteiger charge is 1.96. The summed E-state index contributed by atoms with van der Waals surface area (Å²) in [4.78, 5) is 6.38. The maximum Gasteiger partial charge on any atom is 0.0397 e. The van der Waals surface area contributed by atoms with Gasteiger partial charge in [0.15, 0.2) is 0 Å². The molecule has 0 bridgehead atoms. The maximum atomic E-state index is 4.29. The second-order valence-corrected chi connectivity index (χ2v) is 3.50. The van der Waals surface area contributed by atoms with Gasteiger partial charge in [-0.2, -0.15) is 0 Å². The van der Waals surface area contributed by atoms with Crippen molar-refractivity contribution >= 4 is 5.69 Å². The molecule has 3 heteroatoms. The van der Waals surface area contributed by atoms with Crippen LogP contribution in [0.5, 0.6) is 0 Å². The van der Waals surface area contributed by atoms with Crippen LogP contribution in [0.25, 0.3) is 0 Å². The molecule has 0 amide bonds. The van der Waals surface area contributed by atoms with E-state index in [0.717, 1.165) is 11.4 Å². The molecule has 0 radical (unpaired) electrons. The lowest BCUT2D eigenvalue weighted by Crippen LogP contribution is -2.09. The summed E-state index contributed by atoms with van der Waals surface area (Å²) in [5.74, 6) is 0. The third-order valence-corrected chi connectivity index (χ3v) is 1.58. The van der Waals surface area contributed by atoms with Crippen molar-refractivity contribution in [3.8, 4) is 0 Å². The molecule has 0 saturated carbocycles. The zero-order valence-corrected chi connectivity index (χ0v) is 10.0. The van der Waals surface area contributed by atoms with Crippen LogP contribution in [0.15, 0.2) is 12.1 Å². The van der Waals surface area contributed by atoms with Crippen molar-refractivity contribution in [2.24, 2.45) is 0 Å². The first-order valence-electron chi connectivity index (χ1n) is 4.72. The maximum absolute atomic E-state index is 4.29. The number of aromatic nitrogens is 1. The van der Waals surface area contributed by atoms with Crippen LogP contribution >= 0.6 is 0 Å². The number of hydrogen-bond donors (Lipinski definition) is 1. The zero-order chi connectivity index (χ0) is 11.1. The standard InChI is InChI=1S/C9H14N2.C2H7N/c1-7-5-9(11(3)4)6-8(2)10-7;1-3-2/h5-6H,1-4H3;3H,1-2H3. The molecule has 1 aromatic rings. The van der Waals surface area contributed by atoms with E-state index in [4.69, 9.17) is 0 Å². The lowest BCUT2D eigenvalue weighted by molar-refractivity contribution is 1.02. The van der Waals surface area contributed by atoms with Gasteiger partial charge in [0, 0.05) is 31.2 Å². The van der Waals surface area contributed by atoms with E-state index in [-0.39, 0.29) is 0 Å². The van der Waals surface area contributed by atoms with Crippen molar-refractivity contribution in [1.82, 2.24) is 10.3 Å². The summed E-state index contributed by atoms with van der Waals surface area (Å²) in [6.07, 6.45) is 0. The molecule has 0 aliphatic rings. The highest BCUT2D eigenvalue weighted by molar-refractivity contribution is 5.46. The van der Waals surface area contributed by atoms with Crippen LogP contribution in [0, 0.1) is 13.8 Å². The van der Waals surface area contributed by atoms with Crippen molar-refractivity contribution in [1.29, 1.82) is 0 Å². The van der Waals surface area contributed by atoms with Crippen LogP contribution in [0.2, 0.25) is 0 Å². The average molecular weight is 195 g/mol. The summed E-state index contributed by atoms with van der Waals surface area (Å²) in [6, 6.07) is 4.15. The van der Waals surface area contributed by atoms with E-state index in [2.05, 4.69) is 27.3 Å². The molecule has 1 N–H and O–H groups in total. The van der Waals surface area contributed by atoms with E-state index >= 15 is 0 Å². The van der Waals surface area contributed by atoms with Crippen molar-refractivity contribution in [3.63, 3.8) is 0 Å². The van der Waals surface area contributed by atoms with E-state index < -0.39 is 0 Å². The van der Waals surface area contributed by atoms with Gasteiger partial charge in [0.05, 0.1) is 0 Å². The molecule has 3 nitrogen and oxygen atoms in total. The molecule has 0 saturated heterocycles. The third kappa shape index (κ3) is 4.82. The number of hydrogen-bond acceptors (Lipinski definition) is 3. The van der Waals surface area contributed by atoms with Gasteiger partial charge in [-0.1, -0.05) is 0 Å². The van der Waals surface area contributed by atoms with Gasteiger partial charge in [0.1, 0.15) is 0 Å². The van der Waals surface area contributed by atoms with Crippen LogP contribution in [0.1, 0.15) is 11.4 Å². The normalized spacial score (nSPS) is 9.00. The molecule has 0 spiro atoms. The lowest BCUT2D eigenvalue weighted by atomic mass is 10.3. The number of pyridine rings is 1. The van der Waals surface area contributed by atoms with Gasteiger partial charge in [-0.15, -0.1) is 0 Å². The number of aryl methyl sites for hydroxylation is 2. The van der Waals surface area contributed by atoms with Crippen LogP contribution in [0.4, 0.5) is 5.69 Å². The van der Waals surface area contributed by atoms with Crippen LogP contribution in [0.3, 0.4) is 0 Å². The summed E-state index contributed by atoms with van der Waals surface area (Å²) < 4.78 is 0. The highest BCUT2D eigenvalue weighted by atomic mass is 15.1. The summed E-state index contributed by atoms with van der Waals surface area (Å²) >= 11 is 0. The molecule has 0 aliphatic heterocycles. The summed E-state index contributed by atoms with van der Waals surface area (Å²) in [5.41, 5.74) is 3.37. The Morgan fingerprint density at radius 3 is 1.71 bits per heavy atom. The number of rotatable bonds is 1. The van der Waals surface area contributed by atoms with Crippen molar-refractivity contribution < 1.29 is 0 Å². The first-order valence-corrected chi connectivity index (χ1v) is 4.72. The van der Waals surface area contributed by atoms with Crippen LogP contribution in [-0.4, -0.2) is 33.2 Å². The molecule has 1 heterocycles. The fourth-order valence-corrected chi connectivity index (χ4v) is 1.07. The summed E-state index contributed by atoms with van der Waals surface area (Å²) in [5, 5.41) is 2.75. The Hall–Kier alpha value is -1.09. The van der Waals surface area contributed by atoms with E-state index in [0.29, 0.717) is 0 Å². The van der Waals surface area contributed by atoms with Crippen molar-refractivity contribution in [2.45, 2.75) is 13.8 Å². The molecule has 0 atom stereocenters. The third-order valence-electron chi connectivity index (χ3n) is 1.58. The van der Waals surface area contributed by atoms with Gasteiger partial charge in [-0.05, 0) is 40.1 Å². The van der Waals surface area contributed by atoms with Crippen LogP contribution in [-0.2, 0) is 0 Å². The first-order chi connectivity index (χ1) is 6.51. The number of anilines is 1. The largest absolute Gasteiger partial charge is 0.378 e. The molecule has 1 rings (SSSR count). The molecular formula is C11H21N3. The van der Waals surface area contributed by atoms with Gasteiger partial charge >= 0.3 is 0 Å². The van der Waals surface area contributed by atoms with Crippen molar-refractivity contribution in [3.05, 3.63) is 23.5 Å². The second-order valence-electron chi connectivity index (χ2n) is 3.50. The first kappa shape index (κ1) is 12.9. The zero-order valence-electron chi connectivity index (χ0n) is 10.0. The molecule has 0 fully saturated rings. The minimum absolute atomic E-state index is 1.08. The van der Waals surface area contributed by atoms with Crippen molar-refractivity contribution in [2.75, 3.05) is 33.1 Å². The van der Waals surface area contributed by atoms with Gasteiger partial charge < -0.3 is 10.2 Å². The smallest absolute Gasteiger partial charge is 0.0397 e. The Morgan fingerprint density at radius 2 is 1.43 bits per heavy atom. The predicted molar refractivity (Wildman–Crippen MR) is 63.0 cm³/mol. The number of nitrogens with one attached hydrogen (secondary N) is 1. The Bertz CT molecular complexity index is 249. The monoisotopic (exact) mass is 195 g/mol. The fraction of sp³-hybridized carbons (Fsp3) is 0.545. The Labute approximate surface area is 87.2 Å². The molecule has 0 aromatic carbocycles. The highest BCUT2D eigenvalue weighted by Crippen LogP contribution is 2.12. The van der Waals surface area contributed by atoms with E-state index in [9.17, 15) is 0 Å². The molecular weight excluding hydrogens is 174 g/mol. The Balaban J connectivity index is 0.000000500. The van der Waals surface area contributed by atoms with Gasteiger partial charge in [-0.25, -0.2) is 0 Å². The lowest BCUT2D eigenvalue weighted by Gasteiger charge is -2.13. The SMILES string of the molecule is CNC.Cc1cc(N(C)C)cc(C)n1. The molecule has 80 valence electrons. The minimum atomic E-state index is 1.08. The topological polar surface area (TPSA) is 28.2 Å². The van der Waals surface area contributed by atoms with E-state index in [1.807, 2.05) is 42.0 Å². The Morgan fingerprint density at radius 1 is 1.07 bits per heavy atom. The molecule has 1 aromatic heterocycles. The Kier molecular flexibility index (Phi) is 5.88. The fourth-order valence-electron chi connectivity index (χ4n) is 1.07. The van der Waals surface area contributed by atoms with E-state index in [1.165, 1.54) is 5.69 Å². The minimum Gasteiger partial charge on any atom is -0.378 e. The van der Waals surface area contributed by atoms with Gasteiger partial charge in [0.25, 0.3) is 0 Å². The van der Waals surface area contributed by atoms with Gasteiger partial charge in [-0.3, -0.25) is 4.98 Å². The summed E-state index contributed by atoms with van der Waals surface area (Å²) in [6.45, 7) is 4.03. The van der Waals surface area contributed by atoms with Crippen LogP contribution < -0.4 is 10.2 Å². The molecule has 0 unspecified atom stereocenters. The predicted octanol–water partition coefficient (Wildman–Crippen LogP) is 1.60. The number of nitrogens with zero attached hydrogens (tertiary/aromatic N) is 2. The summed E-state index contributed by atoms with van der Waals surface area (Å²) in [7, 11) is 7.82. The van der Waals surface area contributed by atoms with Gasteiger partial charge in [0.2, 0.25) is 0 Å². The second kappa shape index (κ2) is 6.38. The molecule has 14 heavy (non-hydrogen) atoms. The average Bonchev–Trinajstić information content (AvgIpc) is 2.03. The molecule has 0 aliphatic carbocycles. The van der Waals surface area contributed by atoms with E-state index in [1.54, 1.807) is 0 Å². The quantitative estimate of drug-likeness (QED) is 0.737.